The molecule has 0 aliphatic carbocycles. The van der Waals surface area contributed by atoms with Gasteiger partial charge in [-0.25, -0.2) is 4.79 Å². The van der Waals surface area contributed by atoms with Crippen molar-refractivity contribution in [2.75, 3.05) is 0 Å². The van der Waals surface area contributed by atoms with Gasteiger partial charge in [0.25, 0.3) is 0 Å². The van der Waals surface area contributed by atoms with Crippen molar-refractivity contribution in [1.29, 1.82) is 0 Å². The van der Waals surface area contributed by atoms with Crippen molar-refractivity contribution < 1.29 is 38.0 Å². The van der Waals surface area contributed by atoms with Crippen molar-refractivity contribution in [3.63, 3.8) is 0 Å². The van der Waals surface area contributed by atoms with Crippen LogP contribution >= 0.6 is 0 Å². The minimum atomic E-state index is -2.86. The summed E-state index contributed by atoms with van der Waals surface area (Å²) in [6, 6.07) is 0. The molecule has 0 unspecified atom stereocenters. The van der Waals surface area contributed by atoms with E-state index in [1.165, 1.54) is 0 Å². The van der Waals surface area contributed by atoms with Crippen molar-refractivity contribution in [3.8, 4) is 0 Å². The Morgan fingerprint density at radius 3 is 1.44 bits per heavy atom. The topological polar surface area (TPSA) is 155 Å². The van der Waals surface area contributed by atoms with Crippen molar-refractivity contribution in [2.24, 2.45) is 0 Å². The predicted molar refractivity (Wildman–Crippen MR) is 44.0 cm³/mol. The first-order valence-corrected chi connectivity index (χ1v) is 4.00. The Labute approximate surface area is 119 Å². The summed E-state index contributed by atoms with van der Waals surface area (Å²) in [7, 11) is 0. The van der Waals surface area contributed by atoms with Crippen molar-refractivity contribution in [3.05, 3.63) is 0 Å². The molecule has 10 heteroatoms. The standard InChI is InChI=1S/C6H8O7.2Mg.O/c7-3(8)1-6(13,5(11)12)2-4(9)10;;;/h13H,1-2H2,(H,7,8)(H,9,10)(H,11,12);;;/q;;+2;/p-2. The molecule has 0 rings (SSSR count). The summed E-state index contributed by atoms with van der Waals surface area (Å²) < 4.78 is 8.28. The molecule has 0 bridgehead atoms. The van der Waals surface area contributed by atoms with E-state index in [2.05, 4.69) is 0 Å². The molecular weight excluding hydrogens is 249 g/mol. The third kappa shape index (κ3) is 8.97. The van der Waals surface area contributed by atoms with Gasteiger partial charge < -0.3 is 30.0 Å². The molecule has 16 heavy (non-hydrogen) atoms. The molecule has 0 aliphatic heterocycles. The fraction of sp³-hybridized carbons (Fsp3) is 0.500. The van der Waals surface area contributed by atoms with E-state index in [9.17, 15) is 24.6 Å². The van der Waals surface area contributed by atoms with Gasteiger partial charge in [-0.05, 0) is 0 Å². The van der Waals surface area contributed by atoms with Gasteiger partial charge in [0.15, 0.2) is 5.60 Å². The molecule has 0 aromatic heterocycles. The summed E-state index contributed by atoms with van der Waals surface area (Å²) in [6.07, 6.45) is -2.59. The Balaban J connectivity index is -0.000000529. The molecule has 0 heterocycles. The molecule has 0 aliphatic rings. The Morgan fingerprint density at radius 2 is 1.31 bits per heavy atom. The minimum absolute atomic E-state index is 0. The van der Waals surface area contributed by atoms with Crippen molar-refractivity contribution in [1.82, 2.24) is 0 Å². The molecule has 0 radical (unpaired) electrons. The zero-order chi connectivity index (χ0) is 12.6. The number of carboxylic acids is 3. The Morgan fingerprint density at radius 1 is 1.06 bits per heavy atom. The van der Waals surface area contributed by atoms with Crippen molar-refractivity contribution >= 4 is 62.6 Å². The molecule has 0 atom stereocenters. The quantitative estimate of drug-likeness (QED) is 0.463. The van der Waals surface area contributed by atoms with Crippen LogP contribution < -0.4 is 10.2 Å². The van der Waals surface area contributed by atoms with Gasteiger partial charge in [0.1, 0.15) is 0 Å². The number of hydrogen-bond acceptors (Lipinski definition) is 7. The normalized spacial score (nSPS) is 9.19. The van der Waals surface area contributed by atoms with Crippen LogP contribution in [-0.2, 0) is 17.6 Å². The van der Waals surface area contributed by atoms with E-state index in [0.717, 1.165) is 0 Å². The molecule has 0 aromatic rings. The Hall–Kier alpha value is -0.298. The van der Waals surface area contributed by atoms with Crippen LogP contribution in [0.15, 0.2) is 0 Å². The first-order chi connectivity index (χ1) is 6.78. The van der Waals surface area contributed by atoms with Crippen LogP contribution in [0.25, 0.3) is 0 Å². The number of rotatable bonds is 5. The third-order valence-electron chi connectivity index (χ3n) is 1.27. The third-order valence-corrected chi connectivity index (χ3v) is 1.27. The fourth-order valence-electron chi connectivity index (χ4n) is 0.691. The van der Waals surface area contributed by atoms with E-state index in [-0.39, 0.29) is 23.1 Å². The average Bonchev–Trinajstić information content (AvgIpc) is 2.04. The van der Waals surface area contributed by atoms with Crippen molar-refractivity contribution in [2.45, 2.75) is 18.4 Å². The zero-order valence-corrected chi connectivity index (χ0v) is 11.0. The van der Waals surface area contributed by atoms with Crippen LogP contribution in [0.1, 0.15) is 12.8 Å². The van der Waals surface area contributed by atoms with Gasteiger partial charge in [-0.2, -0.15) is 0 Å². The summed E-state index contributed by atoms with van der Waals surface area (Å²) in [6.45, 7) is 0. The van der Waals surface area contributed by atoms with E-state index >= 15 is 0 Å². The second-order valence-corrected chi connectivity index (χ2v) is 2.43. The van der Waals surface area contributed by atoms with E-state index in [4.69, 9.17) is 13.4 Å². The Kier molecular flexibility index (Phi) is 13.0. The summed E-state index contributed by atoms with van der Waals surface area (Å²) in [5.41, 5.74) is -2.86. The molecular formula is C6H6Mg2O8. The van der Waals surface area contributed by atoms with Gasteiger partial charge in [-0.15, -0.1) is 0 Å². The monoisotopic (exact) mass is 254 g/mol. The number of hydrogen-bond donors (Lipinski definition) is 2. The first-order valence-electron chi connectivity index (χ1n) is 3.42. The van der Waals surface area contributed by atoms with E-state index in [0.29, 0.717) is 21.7 Å². The van der Waals surface area contributed by atoms with Crippen LogP contribution in [0, 0.1) is 0 Å². The van der Waals surface area contributed by atoms with Gasteiger partial charge >= 0.3 is 53.9 Å². The number of carbonyl (C=O) groups is 3. The molecule has 0 aromatic carbocycles. The van der Waals surface area contributed by atoms with E-state index in [1.54, 1.807) is 0 Å². The van der Waals surface area contributed by atoms with Gasteiger partial charge in [0, 0.05) is 24.8 Å². The number of aliphatic hydroxyl groups is 1. The SMILES string of the molecule is O=C([O-])CC(O)(CC(=O)[O-])C(=O)O.[Mg+2].[O]=[Mg]. The van der Waals surface area contributed by atoms with Gasteiger partial charge in [0.2, 0.25) is 0 Å². The van der Waals surface area contributed by atoms with Crippen LogP contribution in [0.4, 0.5) is 0 Å². The number of aliphatic carboxylic acids is 3. The summed E-state index contributed by atoms with van der Waals surface area (Å²) in [5.74, 6) is -5.65. The molecule has 0 saturated heterocycles. The summed E-state index contributed by atoms with van der Waals surface area (Å²) in [5, 5.41) is 37.2. The van der Waals surface area contributed by atoms with Crippen LogP contribution in [0.2, 0.25) is 0 Å². The zero-order valence-electron chi connectivity index (χ0n) is 8.17. The van der Waals surface area contributed by atoms with Crippen LogP contribution in [-0.4, -0.2) is 78.5 Å². The first kappa shape index (κ1) is 21.0. The van der Waals surface area contributed by atoms with E-state index < -0.39 is 36.4 Å². The molecule has 0 fully saturated rings. The fourth-order valence-corrected chi connectivity index (χ4v) is 0.691. The predicted octanol–water partition coefficient (Wildman–Crippen LogP) is -4.80. The van der Waals surface area contributed by atoms with Gasteiger partial charge in [0.05, 0.1) is 0 Å². The number of carboxylic acid groups (broad SMARTS) is 3. The maximum absolute atomic E-state index is 10.3. The summed E-state index contributed by atoms with van der Waals surface area (Å²) >= 11 is 0.611. The molecule has 2 N–H and O–H groups in total. The Bertz CT molecular complexity index is 249. The maximum atomic E-state index is 10.3. The van der Waals surface area contributed by atoms with Gasteiger partial charge in [-0.1, -0.05) is 0 Å². The second kappa shape index (κ2) is 9.90. The average molecular weight is 255 g/mol. The molecule has 8 nitrogen and oxygen atoms in total. The summed E-state index contributed by atoms with van der Waals surface area (Å²) in [4.78, 5) is 30.2. The van der Waals surface area contributed by atoms with Crippen LogP contribution in [0.3, 0.4) is 0 Å². The van der Waals surface area contributed by atoms with E-state index in [1.807, 2.05) is 0 Å². The van der Waals surface area contributed by atoms with Crippen LogP contribution in [0.5, 0.6) is 0 Å². The molecule has 0 amide bonds. The molecule has 0 saturated carbocycles. The number of carbonyl (C=O) groups excluding carboxylic acids is 2. The second-order valence-electron chi connectivity index (χ2n) is 2.43. The molecule has 82 valence electrons. The molecule has 0 spiro atoms. The van der Waals surface area contributed by atoms with Gasteiger partial charge in [-0.3, -0.25) is 0 Å².